The molecule has 0 N–H and O–H groups in total. The number of aryl methyl sites for hydroxylation is 1. The van der Waals surface area contributed by atoms with E-state index < -0.39 is 10.0 Å². The summed E-state index contributed by atoms with van der Waals surface area (Å²) >= 11 is 0. The predicted molar refractivity (Wildman–Crippen MR) is 84.4 cm³/mol. The molecule has 0 radical (unpaired) electrons. The zero-order valence-corrected chi connectivity index (χ0v) is 13.2. The van der Waals surface area contributed by atoms with E-state index in [2.05, 4.69) is 0 Å². The first-order valence-corrected chi connectivity index (χ1v) is 8.16. The van der Waals surface area contributed by atoms with Crippen molar-refractivity contribution >= 4 is 15.7 Å². The van der Waals surface area contributed by atoms with Gasteiger partial charge in [0, 0.05) is 12.6 Å². The molecule has 0 aliphatic rings. The van der Waals surface area contributed by atoms with Crippen LogP contribution < -0.4 is 9.04 Å². The Hall–Kier alpha value is -2.01. The molecule has 0 heterocycles. The van der Waals surface area contributed by atoms with Crippen LogP contribution in [0.15, 0.2) is 53.4 Å². The van der Waals surface area contributed by atoms with Gasteiger partial charge in [-0.2, -0.15) is 0 Å². The molecule has 2 aromatic rings. The van der Waals surface area contributed by atoms with Gasteiger partial charge in [0.1, 0.15) is 5.75 Å². The molecule has 0 saturated carbocycles. The summed E-state index contributed by atoms with van der Waals surface area (Å²) in [6.07, 6.45) is 0. The minimum Gasteiger partial charge on any atom is -0.497 e. The van der Waals surface area contributed by atoms with Crippen molar-refractivity contribution in [3.8, 4) is 5.75 Å². The van der Waals surface area contributed by atoms with Crippen LogP contribution in [-0.4, -0.2) is 22.1 Å². The van der Waals surface area contributed by atoms with Gasteiger partial charge in [-0.15, -0.1) is 0 Å². The van der Waals surface area contributed by atoms with Crippen LogP contribution in [0.1, 0.15) is 12.5 Å². The second-order valence-electron chi connectivity index (χ2n) is 4.69. The topological polar surface area (TPSA) is 46.6 Å². The molecule has 4 nitrogen and oxygen atoms in total. The summed E-state index contributed by atoms with van der Waals surface area (Å²) in [6.45, 7) is 4.12. The van der Waals surface area contributed by atoms with Crippen LogP contribution in [0.3, 0.4) is 0 Å². The maximum atomic E-state index is 12.8. The third-order valence-electron chi connectivity index (χ3n) is 3.21. The predicted octanol–water partition coefficient (Wildman–Crippen LogP) is 3.22. The fourth-order valence-corrected chi connectivity index (χ4v) is 3.66. The number of nitrogens with zero attached hydrogens (tertiary/aromatic N) is 1. The molecule has 0 unspecified atom stereocenters. The average molecular weight is 305 g/mol. The smallest absolute Gasteiger partial charge is 0.264 e. The molecule has 0 saturated heterocycles. The molecular formula is C16H19NO3S. The van der Waals surface area contributed by atoms with E-state index in [0.717, 1.165) is 5.56 Å². The molecule has 21 heavy (non-hydrogen) atoms. The Bertz CT molecular complexity index is 726. The molecule has 2 aromatic carbocycles. The maximum Gasteiger partial charge on any atom is 0.264 e. The standard InChI is InChI=1S/C16H19NO3S/c1-4-17(14-8-5-7-13(2)11-14)21(18,19)16-10-6-9-15(12-16)20-3/h5-12H,4H2,1-3H3. The first-order chi connectivity index (χ1) is 9.98. The second-order valence-corrected chi connectivity index (χ2v) is 6.55. The normalized spacial score (nSPS) is 11.2. The van der Waals surface area contributed by atoms with Gasteiger partial charge in [-0.1, -0.05) is 18.2 Å². The molecule has 5 heteroatoms. The third kappa shape index (κ3) is 3.19. The van der Waals surface area contributed by atoms with Crippen LogP contribution in [0.25, 0.3) is 0 Å². The Labute approximate surface area is 126 Å². The van der Waals surface area contributed by atoms with Crippen LogP contribution >= 0.6 is 0 Å². The van der Waals surface area contributed by atoms with E-state index in [4.69, 9.17) is 4.74 Å². The lowest BCUT2D eigenvalue weighted by molar-refractivity contribution is 0.413. The van der Waals surface area contributed by atoms with E-state index in [1.54, 1.807) is 24.3 Å². The fourth-order valence-electron chi connectivity index (χ4n) is 2.16. The van der Waals surface area contributed by atoms with E-state index in [1.165, 1.54) is 17.5 Å². The summed E-state index contributed by atoms with van der Waals surface area (Å²) in [6, 6.07) is 14.0. The van der Waals surface area contributed by atoms with Gasteiger partial charge in [-0.05, 0) is 43.7 Å². The Morgan fingerprint density at radius 3 is 2.43 bits per heavy atom. The molecule has 112 valence electrons. The second kappa shape index (κ2) is 6.18. The van der Waals surface area contributed by atoms with Gasteiger partial charge >= 0.3 is 0 Å². The van der Waals surface area contributed by atoms with Crippen molar-refractivity contribution < 1.29 is 13.2 Å². The number of hydrogen-bond acceptors (Lipinski definition) is 3. The highest BCUT2D eigenvalue weighted by Crippen LogP contribution is 2.26. The Morgan fingerprint density at radius 1 is 1.10 bits per heavy atom. The molecule has 0 bridgehead atoms. The zero-order chi connectivity index (χ0) is 15.5. The van der Waals surface area contributed by atoms with E-state index in [1.807, 2.05) is 32.0 Å². The number of ether oxygens (including phenoxy) is 1. The molecular weight excluding hydrogens is 286 g/mol. The van der Waals surface area contributed by atoms with Crippen molar-refractivity contribution in [3.63, 3.8) is 0 Å². The molecule has 0 aromatic heterocycles. The Morgan fingerprint density at radius 2 is 1.81 bits per heavy atom. The number of methoxy groups -OCH3 is 1. The van der Waals surface area contributed by atoms with E-state index >= 15 is 0 Å². The Balaban J connectivity index is 2.49. The largest absolute Gasteiger partial charge is 0.497 e. The van der Waals surface area contributed by atoms with E-state index in [9.17, 15) is 8.42 Å². The van der Waals surface area contributed by atoms with Gasteiger partial charge in [-0.25, -0.2) is 8.42 Å². The number of benzene rings is 2. The summed E-state index contributed by atoms with van der Waals surface area (Å²) < 4.78 is 32.1. The van der Waals surface area contributed by atoms with Crippen molar-refractivity contribution in [1.82, 2.24) is 0 Å². The zero-order valence-electron chi connectivity index (χ0n) is 12.4. The van der Waals surface area contributed by atoms with Crippen molar-refractivity contribution in [3.05, 3.63) is 54.1 Å². The minimum absolute atomic E-state index is 0.227. The molecule has 2 rings (SSSR count). The van der Waals surface area contributed by atoms with Crippen molar-refractivity contribution in [2.45, 2.75) is 18.7 Å². The van der Waals surface area contributed by atoms with Gasteiger partial charge in [0.05, 0.1) is 17.7 Å². The molecule has 0 amide bonds. The van der Waals surface area contributed by atoms with Gasteiger partial charge in [0.25, 0.3) is 10.0 Å². The number of rotatable bonds is 5. The highest BCUT2D eigenvalue weighted by Gasteiger charge is 2.23. The van der Waals surface area contributed by atoms with Crippen LogP contribution in [0.5, 0.6) is 5.75 Å². The molecule has 0 fully saturated rings. The lowest BCUT2D eigenvalue weighted by Gasteiger charge is -2.23. The first-order valence-electron chi connectivity index (χ1n) is 6.72. The lowest BCUT2D eigenvalue weighted by atomic mass is 10.2. The van der Waals surface area contributed by atoms with Crippen LogP contribution in [-0.2, 0) is 10.0 Å². The minimum atomic E-state index is -3.60. The third-order valence-corrected chi connectivity index (χ3v) is 5.10. The summed E-state index contributed by atoms with van der Waals surface area (Å²) in [7, 11) is -2.08. The fraction of sp³-hybridized carbons (Fsp3) is 0.250. The number of anilines is 1. The molecule has 0 atom stereocenters. The summed E-state index contributed by atoms with van der Waals surface area (Å²) in [4.78, 5) is 0.227. The summed E-state index contributed by atoms with van der Waals surface area (Å²) in [5.74, 6) is 0.524. The van der Waals surface area contributed by atoms with Crippen LogP contribution in [0.2, 0.25) is 0 Å². The number of hydrogen-bond donors (Lipinski definition) is 0. The quantitative estimate of drug-likeness (QED) is 0.852. The summed E-state index contributed by atoms with van der Waals surface area (Å²) in [5.41, 5.74) is 1.69. The van der Waals surface area contributed by atoms with Crippen LogP contribution in [0, 0.1) is 6.92 Å². The highest BCUT2D eigenvalue weighted by atomic mass is 32.2. The van der Waals surface area contributed by atoms with Crippen molar-refractivity contribution in [2.24, 2.45) is 0 Å². The summed E-state index contributed by atoms with van der Waals surface area (Å²) in [5, 5.41) is 0. The van der Waals surface area contributed by atoms with Gasteiger partial charge in [0.15, 0.2) is 0 Å². The van der Waals surface area contributed by atoms with E-state index in [0.29, 0.717) is 18.0 Å². The Kier molecular flexibility index (Phi) is 4.53. The lowest BCUT2D eigenvalue weighted by Crippen LogP contribution is -2.30. The van der Waals surface area contributed by atoms with Crippen molar-refractivity contribution in [2.75, 3.05) is 18.0 Å². The molecule has 0 aliphatic carbocycles. The van der Waals surface area contributed by atoms with Gasteiger partial charge in [-0.3, -0.25) is 4.31 Å². The number of sulfonamides is 1. The average Bonchev–Trinajstić information content (AvgIpc) is 2.48. The first kappa shape index (κ1) is 15.4. The van der Waals surface area contributed by atoms with Gasteiger partial charge < -0.3 is 4.74 Å². The van der Waals surface area contributed by atoms with E-state index in [-0.39, 0.29) is 4.90 Å². The monoisotopic (exact) mass is 305 g/mol. The van der Waals surface area contributed by atoms with Crippen molar-refractivity contribution in [1.29, 1.82) is 0 Å². The van der Waals surface area contributed by atoms with Crippen LogP contribution in [0.4, 0.5) is 5.69 Å². The molecule has 0 spiro atoms. The molecule has 0 aliphatic heterocycles. The van der Waals surface area contributed by atoms with Gasteiger partial charge in [0.2, 0.25) is 0 Å². The maximum absolute atomic E-state index is 12.8. The highest BCUT2D eigenvalue weighted by molar-refractivity contribution is 7.92. The SMILES string of the molecule is CCN(c1cccc(C)c1)S(=O)(=O)c1cccc(OC)c1.